The average Bonchev–Trinajstić information content (AvgIpc) is 2.69. The molecule has 0 fully saturated rings. The molecule has 2 aromatic carbocycles. The molecule has 3 nitrogen and oxygen atoms in total. The second-order valence-corrected chi connectivity index (χ2v) is 7.71. The Morgan fingerprint density at radius 1 is 1.00 bits per heavy atom. The number of aryl methyl sites for hydroxylation is 1. The average molecular weight is 401 g/mol. The number of hydrogen-bond donors (Lipinski definition) is 1. The first-order valence-corrected chi connectivity index (χ1v) is 10.1. The number of allylic oxidation sites excluding steroid dienone is 2. The Morgan fingerprint density at radius 3 is 2.21 bits per heavy atom. The van der Waals surface area contributed by atoms with Gasteiger partial charge in [-0.2, -0.15) is 0 Å². The molecule has 3 rings (SSSR count). The van der Waals surface area contributed by atoms with Crippen molar-refractivity contribution in [3.05, 3.63) is 95.2 Å². The molecule has 1 aliphatic rings. The second kappa shape index (κ2) is 9.55. The fourth-order valence-corrected chi connectivity index (χ4v) is 4.25. The van der Waals surface area contributed by atoms with Gasteiger partial charge in [0.15, 0.2) is 0 Å². The molecule has 6 heteroatoms. The second-order valence-electron chi connectivity index (χ2n) is 6.52. The van der Waals surface area contributed by atoms with Gasteiger partial charge in [0.05, 0.1) is 5.57 Å². The fraction of sp³-hybridized carbons (Fsp3) is 0.227. The molecule has 0 aliphatic carbocycles. The minimum Gasteiger partial charge on any atom is -0.478 e. The number of nitrogens with zero attached hydrogens (tertiary/aromatic N) is 1. The number of carboxylic acid groups (broad SMARTS) is 1. The highest BCUT2D eigenvalue weighted by atomic mass is 32.2. The van der Waals surface area contributed by atoms with E-state index in [1.54, 1.807) is 48.2 Å². The summed E-state index contributed by atoms with van der Waals surface area (Å²) < 4.78 is 26.1. The summed E-state index contributed by atoms with van der Waals surface area (Å²) in [6, 6.07) is 12.7. The molecule has 1 atom stereocenters. The van der Waals surface area contributed by atoms with E-state index in [4.69, 9.17) is 0 Å². The lowest BCUT2D eigenvalue weighted by atomic mass is 10.1. The summed E-state index contributed by atoms with van der Waals surface area (Å²) in [4.78, 5) is 13.6. The number of rotatable bonds is 8. The molecular formula is C22H21F2NO2S. The van der Waals surface area contributed by atoms with Crippen LogP contribution in [-0.4, -0.2) is 27.1 Å². The van der Waals surface area contributed by atoms with Gasteiger partial charge in [0.25, 0.3) is 0 Å². The lowest BCUT2D eigenvalue weighted by Gasteiger charge is -2.33. The van der Waals surface area contributed by atoms with Gasteiger partial charge >= 0.3 is 5.97 Å². The van der Waals surface area contributed by atoms with Gasteiger partial charge < -0.3 is 10.0 Å². The molecule has 0 saturated carbocycles. The quantitative estimate of drug-likeness (QED) is 0.632. The molecular weight excluding hydrogens is 380 g/mol. The summed E-state index contributed by atoms with van der Waals surface area (Å²) in [5.74, 6) is -0.722. The van der Waals surface area contributed by atoms with Crippen molar-refractivity contribution in [1.82, 2.24) is 4.90 Å². The molecule has 1 heterocycles. The number of hydrogen-bond acceptors (Lipinski definition) is 3. The van der Waals surface area contributed by atoms with Crippen LogP contribution in [0.4, 0.5) is 8.78 Å². The zero-order valence-corrected chi connectivity index (χ0v) is 16.0. The first kappa shape index (κ1) is 20.1. The van der Waals surface area contributed by atoms with Gasteiger partial charge in [0, 0.05) is 12.7 Å². The molecule has 0 amide bonds. The molecule has 1 N–H and O–H groups in total. The number of halogens is 2. The Labute approximate surface area is 167 Å². The number of carboxylic acids is 1. The van der Waals surface area contributed by atoms with Crippen molar-refractivity contribution in [2.24, 2.45) is 0 Å². The maximum Gasteiger partial charge on any atom is 0.334 e. The summed E-state index contributed by atoms with van der Waals surface area (Å²) in [5.41, 5.74) is 2.30. The van der Waals surface area contributed by atoms with E-state index in [-0.39, 0.29) is 17.0 Å². The van der Waals surface area contributed by atoms with Crippen molar-refractivity contribution >= 4 is 17.7 Å². The van der Waals surface area contributed by atoms with Gasteiger partial charge in [-0.1, -0.05) is 24.3 Å². The predicted octanol–water partition coefficient (Wildman–Crippen LogP) is 5.00. The van der Waals surface area contributed by atoms with Crippen LogP contribution in [-0.2, 0) is 17.8 Å². The monoisotopic (exact) mass is 401 g/mol. The molecule has 0 aromatic heterocycles. The van der Waals surface area contributed by atoms with E-state index in [2.05, 4.69) is 0 Å². The van der Waals surface area contributed by atoms with Crippen LogP contribution in [0.15, 0.2) is 72.5 Å². The van der Waals surface area contributed by atoms with Gasteiger partial charge in [-0.25, -0.2) is 13.6 Å². The topological polar surface area (TPSA) is 40.5 Å². The van der Waals surface area contributed by atoms with E-state index in [1.165, 1.54) is 24.3 Å². The zero-order chi connectivity index (χ0) is 19.9. The van der Waals surface area contributed by atoms with Crippen LogP contribution in [0.2, 0.25) is 0 Å². The maximum atomic E-state index is 13.1. The highest BCUT2D eigenvalue weighted by Crippen LogP contribution is 2.29. The van der Waals surface area contributed by atoms with Gasteiger partial charge in [-0.3, -0.25) is 0 Å². The van der Waals surface area contributed by atoms with Gasteiger partial charge in [-0.15, -0.1) is 11.8 Å². The summed E-state index contributed by atoms with van der Waals surface area (Å²) in [6.07, 6.45) is 6.88. The van der Waals surface area contributed by atoms with Gasteiger partial charge in [0.2, 0.25) is 0 Å². The standard InChI is InChI=1S/C22H21F2NO2S/c23-18-9-5-16(6-10-18)3-2-14-28-21-20(22(26)27)4-1-13-25(21)15-17-7-11-19(24)12-8-17/h1,4-13,21H,2-3,14-15H2,(H,26,27). The molecule has 0 saturated heterocycles. The first-order valence-electron chi connectivity index (χ1n) is 9.01. The summed E-state index contributed by atoms with van der Waals surface area (Å²) >= 11 is 1.56. The van der Waals surface area contributed by atoms with Gasteiger partial charge in [0.1, 0.15) is 17.0 Å². The zero-order valence-electron chi connectivity index (χ0n) is 15.2. The lowest BCUT2D eigenvalue weighted by Crippen LogP contribution is -2.34. The minimum atomic E-state index is -0.940. The highest BCUT2D eigenvalue weighted by Gasteiger charge is 2.27. The van der Waals surface area contributed by atoms with Crippen LogP contribution < -0.4 is 0 Å². The van der Waals surface area contributed by atoms with Crippen LogP contribution in [0.25, 0.3) is 0 Å². The Hall–Kier alpha value is -2.60. The van der Waals surface area contributed by atoms with Crippen molar-refractivity contribution in [2.75, 3.05) is 5.75 Å². The van der Waals surface area contributed by atoms with Crippen molar-refractivity contribution in [1.29, 1.82) is 0 Å². The van der Waals surface area contributed by atoms with E-state index < -0.39 is 5.97 Å². The third-order valence-corrected chi connectivity index (χ3v) is 5.81. The molecule has 0 spiro atoms. The fourth-order valence-electron chi connectivity index (χ4n) is 3.02. The SMILES string of the molecule is O=C(O)C1=CC=CN(Cc2ccc(F)cc2)C1SCCCc1ccc(F)cc1. The van der Waals surface area contributed by atoms with E-state index in [0.29, 0.717) is 12.1 Å². The van der Waals surface area contributed by atoms with Crippen molar-refractivity contribution in [3.8, 4) is 0 Å². The normalized spacial score (nSPS) is 16.1. The minimum absolute atomic E-state index is 0.250. The number of aliphatic carboxylic acids is 1. The van der Waals surface area contributed by atoms with Crippen molar-refractivity contribution in [3.63, 3.8) is 0 Å². The van der Waals surface area contributed by atoms with E-state index >= 15 is 0 Å². The maximum absolute atomic E-state index is 13.1. The van der Waals surface area contributed by atoms with E-state index in [9.17, 15) is 18.7 Å². The number of thioether (sulfide) groups is 1. The third-order valence-electron chi connectivity index (χ3n) is 4.44. The summed E-state index contributed by atoms with van der Waals surface area (Å²) in [6.45, 7) is 0.497. The van der Waals surface area contributed by atoms with Crippen molar-refractivity contribution in [2.45, 2.75) is 24.8 Å². The highest BCUT2D eigenvalue weighted by molar-refractivity contribution is 8.00. The summed E-state index contributed by atoms with van der Waals surface area (Å²) in [5, 5.41) is 9.24. The smallest absolute Gasteiger partial charge is 0.334 e. The number of carbonyl (C=O) groups is 1. The molecule has 146 valence electrons. The summed E-state index contributed by atoms with van der Waals surface area (Å²) in [7, 11) is 0. The Morgan fingerprint density at radius 2 is 1.61 bits per heavy atom. The molecule has 2 aromatic rings. The van der Waals surface area contributed by atoms with Crippen LogP contribution in [0.1, 0.15) is 17.5 Å². The van der Waals surface area contributed by atoms with Gasteiger partial charge in [-0.05, 0) is 66.1 Å². The van der Waals surface area contributed by atoms with Crippen LogP contribution >= 0.6 is 11.8 Å². The third kappa shape index (κ3) is 5.45. The Kier molecular flexibility index (Phi) is 6.87. The molecule has 28 heavy (non-hydrogen) atoms. The molecule has 1 aliphatic heterocycles. The molecule has 0 bridgehead atoms. The van der Waals surface area contributed by atoms with E-state index in [0.717, 1.165) is 29.7 Å². The molecule has 0 radical (unpaired) electrons. The van der Waals surface area contributed by atoms with Crippen molar-refractivity contribution < 1.29 is 18.7 Å². The van der Waals surface area contributed by atoms with E-state index in [1.807, 2.05) is 11.1 Å². The first-order chi connectivity index (χ1) is 13.5. The molecule has 1 unspecified atom stereocenters. The van der Waals surface area contributed by atoms with Crippen LogP contribution in [0.3, 0.4) is 0 Å². The predicted molar refractivity (Wildman–Crippen MR) is 108 cm³/mol. The Bertz CT molecular complexity index is 863. The Balaban J connectivity index is 1.61. The largest absolute Gasteiger partial charge is 0.478 e. The number of benzene rings is 2. The van der Waals surface area contributed by atoms with Crippen LogP contribution in [0, 0.1) is 11.6 Å². The van der Waals surface area contributed by atoms with Crippen LogP contribution in [0.5, 0.6) is 0 Å². The lowest BCUT2D eigenvalue weighted by molar-refractivity contribution is -0.133.